The highest BCUT2D eigenvalue weighted by Gasteiger charge is 2.27. The minimum Gasteiger partial charge on any atom is -0.446 e. The first-order valence-electron chi connectivity index (χ1n) is 15.1. The lowest BCUT2D eigenvalue weighted by atomic mass is 10.0. The van der Waals surface area contributed by atoms with E-state index in [1.165, 1.54) is 0 Å². The molecular weight excluding hydrogens is 532 g/mol. The number of rotatable bonds is 7. The number of ether oxygens (including phenoxy) is 2. The van der Waals surface area contributed by atoms with Crippen molar-refractivity contribution in [1.82, 2.24) is 19.8 Å². The molecule has 0 bridgehead atoms. The van der Waals surface area contributed by atoms with E-state index < -0.39 is 0 Å². The topological polar surface area (TPSA) is 91.3 Å². The van der Waals surface area contributed by atoms with E-state index in [2.05, 4.69) is 34.1 Å². The number of amides is 2. The van der Waals surface area contributed by atoms with E-state index in [0.29, 0.717) is 58.0 Å². The van der Waals surface area contributed by atoms with Crippen LogP contribution in [0.4, 0.5) is 21.2 Å². The summed E-state index contributed by atoms with van der Waals surface area (Å²) < 4.78 is 11.1. The van der Waals surface area contributed by atoms with E-state index in [-0.39, 0.29) is 24.4 Å². The summed E-state index contributed by atoms with van der Waals surface area (Å²) >= 11 is 0. The number of pyridine rings is 2. The minimum absolute atomic E-state index is 0.0831. The number of aromatic nitrogens is 2. The second-order valence-electron chi connectivity index (χ2n) is 11.1. The summed E-state index contributed by atoms with van der Waals surface area (Å²) in [6, 6.07) is 16.5. The third kappa shape index (κ3) is 6.69. The molecular formula is C32H42N6O4. The molecule has 2 amide bonds. The third-order valence-electron chi connectivity index (χ3n) is 8.18. The Labute approximate surface area is 248 Å². The van der Waals surface area contributed by atoms with Gasteiger partial charge in [0, 0.05) is 63.3 Å². The molecule has 224 valence electrons. The van der Waals surface area contributed by atoms with Gasteiger partial charge >= 0.3 is 12.2 Å². The summed E-state index contributed by atoms with van der Waals surface area (Å²) in [7, 11) is 0. The zero-order valence-corrected chi connectivity index (χ0v) is 25.2. The number of fused-ring (bicyclic) bond motifs is 1. The standard InChI is InChI=1S/C32H42N6O4/c1-5-23(3)41-31(39)37-18-14-35(15-19-37)28-13-12-26-22-27(25-10-8-7-9-11-25)30(34-29(26)33-28)36-16-20-38(21-17-36)32(40)42-24(4)6-2/h7-13,22-24H,5-6,14-21H2,1-4H3. The molecule has 5 rings (SSSR count). The second-order valence-corrected chi connectivity index (χ2v) is 11.1. The number of hydrogen-bond donors (Lipinski definition) is 0. The maximum Gasteiger partial charge on any atom is 0.410 e. The van der Waals surface area contributed by atoms with Crippen LogP contribution in [0.15, 0.2) is 48.5 Å². The SMILES string of the molecule is CCC(C)OC(=O)N1CCN(c2ccc3cc(-c4ccccc4)c(N4CCN(C(=O)OC(C)CC)CC4)nc3n2)CC1. The van der Waals surface area contributed by atoms with Crippen LogP contribution >= 0.6 is 0 Å². The Hall–Kier alpha value is -4.08. The quantitative estimate of drug-likeness (QED) is 0.370. The summed E-state index contributed by atoms with van der Waals surface area (Å²) in [5.74, 6) is 1.71. The summed E-state index contributed by atoms with van der Waals surface area (Å²) in [4.78, 5) is 43.1. The van der Waals surface area contributed by atoms with Crippen molar-refractivity contribution in [3.63, 3.8) is 0 Å². The lowest BCUT2D eigenvalue weighted by Crippen LogP contribution is -2.49. The summed E-state index contributed by atoms with van der Waals surface area (Å²) in [5, 5.41) is 0.966. The fraction of sp³-hybridized carbons (Fsp3) is 0.500. The molecule has 2 aromatic heterocycles. The van der Waals surface area contributed by atoms with Crippen LogP contribution in [0.3, 0.4) is 0 Å². The van der Waals surface area contributed by atoms with Crippen molar-refractivity contribution in [2.75, 3.05) is 62.2 Å². The first-order valence-corrected chi connectivity index (χ1v) is 15.1. The Morgan fingerprint density at radius 2 is 1.29 bits per heavy atom. The van der Waals surface area contributed by atoms with Gasteiger partial charge in [-0.25, -0.2) is 19.6 Å². The van der Waals surface area contributed by atoms with Crippen LogP contribution < -0.4 is 9.80 Å². The lowest BCUT2D eigenvalue weighted by molar-refractivity contribution is 0.0661. The van der Waals surface area contributed by atoms with Crippen molar-refractivity contribution in [3.8, 4) is 11.1 Å². The molecule has 3 aromatic rings. The van der Waals surface area contributed by atoms with Crippen LogP contribution in [0.2, 0.25) is 0 Å². The smallest absolute Gasteiger partial charge is 0.410 e. The third-order valence-corrected chi connectivity index (χ3v) is 8.18. The van der Waals surface area contributed by atoms with E-state index in [1.54, 1.807) is 9.80 Å². The molecule has 2 atom stereocenters. The van der Waals surface area contributed by atoms with Gasteiger partial charge in [-0.15, -0.1) is 0 Å². The lowest BCUT2D eigenvalue weighted by Gasteiger charge is -2.36. The summed E-state index contributed by atoms with van der Waals surface area (Å²) in [5.41, 5.74) is 2.81. The molecule has 1 aromatic carbocycles. The molecule has 10 heteroatoms. The van der Waals surface area contributed by atoms with Crippen molar-refractivity contribution >= 4 is 34.9 Å². The number of benzene rings is 1. The first kappa shape index (κ1) is 29.4. The molecule has 2 saturated heterocycles. The van der Waals surface area contributed by atoms with Crippen molar-refractivity contribution in [3.05, 3.63) is 48.5 Å². The predicted molar refractivity (Wildman–Crippen MR) is 165 cm³/mol. The largest absolute Gasteiger partial charge is 0.446 e. The van der Waals surface area contributed by atoms with Crippen LogP contribution in [0.25, 0.3) is 22.2 Å². The van der Waals surface area contributed by atoms with Gasteiger partial charge in [0.1, 0.15) is 23.8 Å². The maximum atomic E-state index is 12.6. The molecule has 4 heterocycles. The van der Waals surface area contributed by atoms with Gasteiger partial charge in [-0.1, -0.05) is 44.2 Å². The van der Waals surface area contributed by atoms with E-state index in [1.807, 2.05) is 52.0 Å². The molecule has 2 fully saturated rings. The van der Waals surface area contributed by atoms with Gasteiger partial charge in [0.05, 0.1) is 0 Å². The van der Waals surface area contributed by atoms with Crippen LogP contribution in [0, 0.1) is 0 Å². The van der Waals surface area contributed by atoms with Gasteiger partial charge in [0.25, 0.3) is 0 Å². The zero-order valence-electron chi connectivity index (χ0n) is 25.2. The Balaban J connectivity index is 1.36. The fourth-order valence-electron chi connectivity index (χ4n) is 5.16. The van der Waals surface area contributed by atoms with Crippen LogP contribution in [-0.4, -0.2) is 96.5 Å². The average molecular weight is 575 g/mol. The number of nitrogens with zero attached hydrogens (tertiary/aromatic N) is 6. The van der Waals surface area contributed by atoms with Gasteiger partial charge in [-0.05, 0) is 50.5 Å². The Morgan fingerprint density at radius 3 is 1.83 bits per heavy atom. The monoisotopic (exact) mass is 574 g/mol. The minimum atomic E-state index is -0.252. The van der Waals surface area contributed by atoms with Gasteiger partial charge < -0.3 is 29.1 Å². The van der Waals surface area contributed by atoms with Gasteiger partial charge in [0.2, 0.25) is 0 Å². The second kappa shape index (κ2) is 13.3. The molecule has 2 aliphatic rings. The Bertz CT molecular complexity index is 1370. The molecule has 0 spiro atoms. The Kier molecular flexibility index (Phi) is 9.29. The first-order chi connectivity index (χ1) is 20.4. The number of carbonyl (C=O) groups is 2. The number of hydrogen-bond acceptors (Lipinski definition) is 8. The average Bonchev–Trinajstić information content (AvgIpc) is 3.04. The molecule has 2 aliphatic heterocycles. The van der Waals surface area contributed by atoms with Crippen molar-refractivity contribution in [1.29, 1.82) is 0 Å². The molecule has 0 N–H and O–H groups in total. The van der Waals surface area contributed by atoms with Crippen LogP contribution in [0.1, 0.15) is 40.5 Å². The highest BCUT2D eigenvalue weighted by molar-refractivity contribution is 5.89. The highest BCUT2D eigenvalue weighted by atomic mass is 16.6. The van der Waals surface area contributed by atoms with Crippen LogP contribution in [0.5, 0.6) is 0 Å². The maximum absolute atomic E-state index is 12.6. The molecule has 10 nitrogen and oxygen atoms in total. The number of piperazine rings is 2. The predicted octanol–water partition coefficient (Wildman–Crippen LogP) is 5.41. The zero-order chi connectivity index (χ0) is 29.6. The molecule has 42 heavy (non-hydrogen) atoms. The molecule has 2 unspecified atom stereocenters. The molecule has 0 aliphatic carbocycles. The summed E-state index contributed by atoms with van der Waals surface area (Å²) in [6.45, 7) is 12.8. The summed E-state index contributed by atoms with van der Waals surface area (Å²) in [6.07, 6.45) is 0.919. The van der Waals surface area contributed by atoms with E-state index >= 15 is 0 Å². The van der Waals surface area contributed by atoms with Crippen molar-refractivity contribution < 1.29 is 19.1 Å². The van der Waals surface area contributed by atoms with Gasteiger partial charge in [0.15, 0.2) is 5.65 Å². The Morgan fingerprint density at radius 1 is 0.738 bits per heavy atom. The van der Waals surface area contributed by atoms with Gasteiger partial charge in [-0.2, -0.15) is 0 Å². The van der Waals surface area contributed by atoms with E-state index in [0.717, 1.165) is 41.0 Å². The van der Waals surface area contributed by atoms with E-state index in [4.69, 9.17) is 19.4 Å². The van der Waals surface area contributed by atoms with Gasteiger partial charge in [-0.3, -0.25) is 0 Å². The van der Waals surface area contributed by atoms with Crippen molar-refractivity contribution in [2.24, 2.45) is 0 Å². The van der Waals surface area contributed by atoms with Crippen molar-refractivity contribution in [2.45, 2.75) is 52.7 Å². The normalized spacial score (nSPS) is 17.2. The highest BCUT2D eigenvalue weighted by Crippen LogP contribution is 2.33. The molecule has 0 saturated carbocycles. The van der Waals surface area contributed by atoms with Crippen LogP contribution in [-0.2, 0) is 9.47 Å². The number of carbonyl (C=O) groups excluding carboxylic acids is 2. The molecule has 0 radical (unpaired) electrons. The fourth-order valence-corrected chi connectivity index (χ4v) is 5.16. The van der Waals surface area contributed by atoms with E-state index in [9.17, 15) is 9.59 Å². The number of anilines is 2.